The molecule has 1 aliphatic rings. The SMILES string of the molecule is C=C(S)CCCCCCCNC(=O)c1ncc(CC2=CC=C(C)C=CC2)cc1N(C)C. The van der Waals surface area contributed by atoms with E-state index in [1.807, 2.05) is 25.2 Å². The minimum atomic E-state index is -0.100. The molecule has 1 aromatic rings. The molecule has 0 radical (unpaired) electrons. The van der Waals surface area contributed by atoms with E-state index in [0.29, 0.717) is 12.2 Å². The summed E-state index contributed by atoms with van der Waals surface area (Å²) in [4.78, 5) is 20.2. The summed E-state index contributed by atoms with van der Waals surface area (Å²) >= 11 is 4.22. The van der Waals surface area contributed by atoms with Gasteiger partial charge >= 0.3 is 0 Å². The number of unbranched alkanes of at least 4 members (excludes halogenated alkanes) is 4. The lowest BCUT2D eigenvalue weighted by atomic mass is 10.0. The molecule has 1 amide bonds. The lowest BCUT2D eigenvalue weighted by molar-refractivity contribution is 0.0948. The smallest absolute Gasteiger partial charge is 0.272 e. The fourth-order valence-corrected chi connectivity index (χ4v) is 3.70. The van der Waals surface area contributed by atoms with Gasteiger partial charge in [-0.15, -0.1) is 12.6 Å². The summed E-state index contributed by atoms with van der Waals surface area (Å²) in [6.07, 6.45) is 18.9. The van der Waals surface area contributed by atoms with Gasteiger partial charge < -0.3 is 10.2 Å². The largest absolute Gasteiger partial charge is 0.376 e. The predicted molar refractivity (Wildman–Crippen MR) is 136 cm³/mol. The number of nitrogens with one attached hydrogen (secondary N) is 1. The van der Waals surface area contributed by atoms with E-state index in [0.717, 1.165) is 54.7 Å². The van der Waals surface area contributed by atoms with Gasteiger partial charge in [-0.25, -0.2) is 4.98 Å². The van der Waals surface area contributed by atoms with E-state index < -0.39 is 0 Å². The zero-order valence-corrected chi connectivity index (χ0v) is 20.2. The lowest BCUT2D eigenvalue weighted by Crippen LogP contribution is -2.28. The van der Waals surface area contributed by atoms with Crippen LogP contribution in [0.15, 0.2) is 59.2 Å². The number of anilines is 1. The zero-order chi connectivity index (χ0) is 22.6. The molecule has 0 fully saturated rings. The molecule has 0 spiro atoms. The third-order valence-electron chi connectivity index (χ3n) is 5.32. The predicted octanol–water partition coefficient (Wildman–Crippen LogP) is 6.04. The molecule has 1 aromatic heterocycles. The van der Waals surface area contributed by atoms with E-state index in [1.54, 1.807) is 0 Å². The summed E-state index contributed by atoms with van der Waals surface area (Å²) in [6, 6.07) is 2.09. The number of carbonyl (C=O) groups is 1. The molecule has 1 heterocycles. The summed E-state index contributed by atoms with van der Waals surface area (Å²) in [7, 11) is 3.91. The molecule has 168 valence electrons. The van der Waals surface area contributed by atoms with Gasteiger partial charge in [-0.3, -0.25) is 4.79 Å². The van der Waals surface area contributed by atoms with Crippen LogP contribution in [-0.2, 0) is 6.42 Å². The Bertz CT molecular complexity index is 852. The first-order valence-electron chi connectivity index (χ1n) is 11.2. The van der Waals surface area contributed by atoms with Crippen molar-refractivity contribution in [1.82, 2.24) is 10.3 Å². The second-order valence-corrected chi connectivity index (χ2v) is 9.10. The van der Waals surface area contributed by atoms with Gasteiger partial charge in [0.25, 0.3) is 5.91 Å². The van der Waals surface area contributed by atoms with Crippen LogP contribution in [0.4, 0.5) is 5.69 Å². The Kier molecular flexibility index (Phi) is 10.6. The first kappa shape index (κ1) is 25.0. The van der Waals surface area contributed by atoms with Crippen LogP contribution in [0.2, 0.25) is 0 Å². The molecule has 0 unspecified atom stereocenters. The second-order valence-electron chi connectivity index (χ2n) is 8.46. The quantitative estimate of drug-likeness (QED) is 0.308. The summed E-state index contributed by atoms with van der Waals surface area (Å²) in [5.74, 6) is -0.100. The number of amides is 1. The first-order chi connectivity index (χ1) is 14.9. The third-order valence-corrected chi connectivity index (χ3v) is 5.55. The average molecular weight is 440 g/mol. The molecule has 0 saturated heterocycles. The van der Waals surface area contributed by atoms with Gasteiger partial charge in [-0.2, -0.15) is 0 Å². The molecule has 0 aliphatic heterocycles. The molecule has 0 atom stereocenters. The Balaban J connectivity index is 1.88. The van der Waals surface area contributed by atoms with Crippen molar-refractivity contribution in [3.05, 3.63) is 70.5 Å². The summed E-state index contributed by atoms with van der Waals surface area (Å²) in [5.41, 5.74) is 5.08. The topological polar surface area (TPSA) is 45.2 Å². The van der Waals surface area contributed by atoms with Crippen LogP contribution in [0, 0.1) is 0 Å². The monoisotopic (exact) mass is 439 g/mol. The molecular formula is C26H37N3OS. The minimum absolute atomic E-state index is 0.100. The highest BCUT2D eigenvalue weighted by Crippen LogP contribution is 2.22. The van der Waals surface area contributed by atoms with E-state index >= 15 is 0 Å². The summed E-state index contributed by atoms with van der Waals surface area (Å²) in [6.45, 7) is 6.60. The maximum Gasteiger partial charge on any atom is 0.272 e. The molecular weight excluding hydrogens is 402 g/mol. The highest BCUT2D eigenvalue weighted by atomic mass is 32.1. The molecule has 31 heavy (non-hydrogen) atoms. The molecule has 2 rings (SSSR count). The van der Waals surface area contributed by atoms with Crippen LogP contribution in [0.25, 0.3) is 0 Å². The highest BCUT2D eigenvalue weighted by Gasteiger charge is 2.15. The molecule has 1 aliphatic carbocycles. The number of carbonyl (C=O) groups excluding carboxylic acids is 1. The molecule has 5 heteroatoms. The van der Waals surface area contributed by atoms with Crippen molar-refractivity contribution in [2.24, 2.45) is 0 Å². The second kappa shape index (κ2) is 13.2. The Morgan fingerprint density at radius 2 is 1.94 bits per heavy atom. The van der Waals surface area contributed by atoms with Gasteiger partial charge in [0.1, 0.15) is 0 Å². The molecule has 1 N–H and O–H groups in total. The van der Waals surface area contributed by atoms with Crippen LogP contribution in [0.1, 0.15) is 67.9 Å². The van der Waals surface area contributed by atoms with Crippen LogP contribution >= 0.6 is 12.6 Å². The van der Waals surface area contributed by atoms with E-state index in [-0.39, 0.29) is 5.91 Å². The number of pyridine rings is 1. The van der Waals surface area contributed by atoms with Crippen molar-refractivity contribution in [2.45, 2.75) is 58.3 Å². The van der Waals surface area contributed by atoms with Gasteiger partial charge in [0.05, 0.1) is 5.69 Å². The van der Waals surface area contributed by atoms with Crippen molar-refractivity contribution < 1.29 is 4.79 Å². The Hall–Kier alpha value is -2.27. The van der Waals surface area contributed by atoms with Crippen LogP contribution in [-0.4, -0.2) is 31.5 Å². The van der Waals surface area contributed by atoms with Crippen molar-refractivity contribution in [3.63, 3.8) is 0 Å². The number of aromatic nitrogens is 1. The van der Waals surface area contributed by atoms with Gasteiger partial charge in [0.15, 0.2) is 5.69 Å². The fraction of sp³-hybridized carbons (Fsp3) is 0.462. The van der Waals surface area contributed by atoms with E-state index in [1.165, 1.54) is 24.0 Å². The number of thiol groups is 1. The van der Waals surface area contributed by atoms with Crippen LogP contribution in [0.3, 0.4) is 0 Å². The Labute approximate surface area is 193 Å². The lowest BCUT2D eigenvalue weighted by Gasteiger charge is -2.18. The highest BCUT2D eigenvalue weighted by molar-refractivity contribution is 7.84. The molecule has 0 saturated carbocycles. The van der Waals surface area contributed by atoms with Gasteiger partial charge in [-0.1, -0.05) is 61.3 Å². The maximum absolute atomic E-state index is 12.7. The summed E-state index contributed by atoms with van der Waals surface area (Å²) < 4.78 is 0. The summed E-state index contributed by atoms with van der Waals surface area (Å²) in [5, 5.41) is 3.03. The maximum atomic E-state index is 12.7. The Morgan fingerprint density at radius 1 is 1.19 bits per heavy atom. The van der Waals surface area contributed by atoms with Gasteiger partial charge in [0.2, 0.25) is 0 Å². The molecule has 0 aromatic carbocycles. The number of allylic oxidation sites excluding steroid dienone is 7. The number of nitrogens with zero attached hydrogens (tertiary/aromatic N) is 2. The van der Waals surface area contributed by atoms with Crippen LogP contribution in [0.5, 0.6) is 0 Å². The van der Waals surface area contributed by atoms with E-state index in [9.17, 15) is 4.79 Å². The van der Waals surface area contributed by atoms with Crippen molar-refractivity contribution in [2.75, 3.05) is 25.5 Å². The standard InChI is InChI=1S/C26H37N3OS/c1-20-11-10-13-22(15-14-20)17-23-18-24(29(3)4)25(28-19-23)26(30)27-16-9-7-5-6-8-12-21(2)31/h10-11,14-15,18-19,31H,2,5-9,12-13,16-17H2,1,3-4H3,(H,27,30). The van der Waals surface area contributed by atoms with Crippen molar-refractivity contribution >= 4 is 24.2 Å². The molecule has 0 bridgehead atoms. The van der Waals surface area contributed by atoms with Crippen LogP contribution < -0.4 is 10.2 Å². The third kappa shape index (κ3) is 9.18. The normalized spacial score (nSPS) is 13.3. The van der Waals surface area contributed by atoms with Gasteiger partial charge in [-0.05, 0) is 55.6 Å². The van der Waals surface area contributed by atoms with Crippen molar-refractivity contribution in [3.8, 4) is 0 Å². The van der Waals surface area contributed by atoms with Crippen molar-refractivity contribution in [1.29, 1.82) is 0 Å². The average Bonchev–Trinajstić information content (AvgIpc) is 2.93. The number of hydrogen-bond acceptors (Lipinski definition) is 4. The molecule has 4 nitrogen and oxygen atoms in total. The zero-order valence-electron chi connectivity index (χ0n) is 19.3. The fourth-order valence-electron chi connectivity index (χ4n) is 3.54. The van der Waals surface area contributed by atoms with E-state index in [2.05, 4.69) is 66.8 Å². The van der Waals surface area contributed by atoms with Gasteiger partial charge in [0, 0.05) is 26.8 Å². The Morgan fingerprint density at radius 3 is 2.68 bits per heavy atom. The first-order valence-corrected chi connectivity index (χ1v) is 11.7. The van der Waals surface area contributed by atoms with E-state index in [4.69, 9.17) is 0 Å². The minimum Gasteiger partial charge on any atom is -0.376 e. The number of hydrogen-bond donors (Lipinski definition) is 2. The number of rotatable bonds is 12.